The Labute approximate surface area is 150 Å². The number of nitrogens with one attached hydrogen (secondary N) is 1. The van der Waals surface area contributed by atoms with E-state index in [1.165, 1.54) is 18.2 Å². The predicted molar refractivity (Wildman–Crippen MR) is 87.6 cm³/mol. The number of ether oxygens (including phenoxy) is 5. The third-order valence-corrected chi connectivity index (χ3v) is 4.51. The zero-order chi connectivity index (χ0) is 18.7. The second-order valence-corrected chi connectivity index (χ2v) is 7.59. The van der Waals surface area contributed by atoms with Gasteiger partial charge in [-0.1, -0.05) is 6.07 Å². The van der Waals surface area contributed by atoms with Gasteiger partial charge >= 0.3 is 0 Å². The van der Waals surface area contributed by atoms with Crippen LogP contribution in [0.5, 0.6) is 0 Å². The Morgan fingerprint density at radius 2 is 1.65 bits per heavy atom. The monoisotopic (exact) mass is 367 g/mol. The predicted octanol–water partition coefficient (Wildman–Crippen LogP) is 2.16. The molecule has 0 aromatic heterocycles. The molecule has 142 valence electrons. The lowest BCUT2D eigenvalue weighted by molar-refractivity contribution is -0.229. The standard InChI is InChI=1S/C18H22FNO6/c1-17(2)23-11-12(24-17)14-16(26-18(3,4)25-14)22-13(11)15(21)20-10-7-5-6-9(19)8-10/h5-8,11-14,16H,1-4H3,(H,20,21)/t11-,12+,13+,14+,16-/m1/s1. The van der Waals surface area contributed by atoms with Crippen LogP contribution in [0.25, 0.3) is 0 Å². The summed E-state index contributed by atoms with van der Waals surface area (Å²) in [7, 11) is 0. The molecule has 0 saturated carbocycles. The topological polar surface area (TPSA) is 75.3 Å². The minimum absolute atomic E-state index is 0.333. The summed E-state index contributed by atoms with van der Waals surface area (Å²) >= 11 is 0. The van der Waals surface area contributed by atoms with E-state index in [2.05, 4.69) is 5.32 Å². The lowest BCUT2D eigenvalue weighted by atomic mass is 9.98. The van der Waals surface area contributed by atoms with Crippen molar-refractivity contribution in [2.24, 2.45) is 0 Å². The maximum Gasteiger partial charge on any atom is 0.256 e. The molecule has 3 aliphatic heterocycles. The molecule has 0 aliphatic carbocycles. The van der Waals surface area contributed by atoms with Gasteiger partial charge in [-0.3, -0.25) is 4.79 Å². The Kier molecular flexibility index (Phi) is 4.09. The minimum Gasteiger partial charge on any atom is -0.342 e. The van der Waals surface area contributed by atoms with E-state index >= 15 is 0 Å². The SMILES string of the molecule is CC1(C)O[C@H]2O[C@H](C(=O)Nc3cccc(F)c3)[C@@H]3OC(C)(C)O[C@@H]3[C@@H]2O1. The van der Waals surface area contributed by atoms with Gasteiger partial charge in [-0.25, -0.2) is 4.39 Å². The molecule has 1 aromatic carbocycles. The fourth-order valence-corrected chi connectivity index (χ4v) is 3.60. The summed E-state index contributed by atoms with van der Waals surface area (Å²) < 4.78 is 42.8. The van der Waals surface area contributed by atoms with E-state index in [4.69, 9.17) is 23.7 Å². The second-order valence-electron chi connectivity index (χ2n) is 7.59. The number of fused-ring (bicyclic) bond motifs is 3. The number of rotatable bonds is 2. The molecular weight excluding hydrogens is 345 g/mol. The number of hydrogen-bond donors (Lipinski definition) is 1. The summed E-state index contributed by atoms with van der Waals surface area (Å²) in [5, 5.41) is 2.66. The van der Waals surface area contributed by atoms with E-state index < -0.39 is 54.0 Å². The van der Waals surface area contributed by atoms with Crippen LogP contribution in [0.1, 0.15) is 27.7 Å². The van der Waals surface area contributed by atoms with Crippen LogP contribution < -0.4 is 5.32 Å². The lowest BCUT2D eigenvalue weighted by Crippen LogP contribution is -2.58. The van der Waals surface area contributed by atoms with E-state index in [-0.39, 0.29) is 0 Å². The fraction of sp³-hybridized carbons (Fsp3) is 0.611. The normalized spacial score (nSPS) is 37.0. The minimum atomic E-state index is -0.983. The van der Waals surface area contributed by atoms with Crippen molar-refractivity contribution in [2.75, 3.05) is 5.32 Å². The van der Waals surface area contributed by atoms with Gasteiger partial charge in [0.1, 0.15) is 24.1 Å². The van der Waals surface area contributed by atoms with Gasteiger partial charge in [-0.15, -0.1) is 0 Å². The van der Waals surface area contributed by atoms with E-state index in [0.717, 1.165) is 0 Å². The van der Waals surface area contributed by atoms with Crippen LogP contribution in [0.4, 0.5) is 10.1 Å². The number of carbonyl (C=O) groups is 1. The molecule has 5 atom stereocenters. The van der Waals surface area contributed by atoms with E-state index in [0.29, 0.717) is 5.69 Å². The van der Waals surface area contributed by atoms with Crippen LogP contribution in [0.3, 0.4) is 0 Å². The van der Waals surface area contributed by atoms with Crippen LogP contribution in [0.15, 0.2) is 24.3 Å². The number of halogens is 1. The van der Waals surface area contributed by atoms with Gasteiger partial charge in [0.25, 0.3) is 5.91 Å². The van der Waals surface area contributed by atoms with Gasteiger partial charge in [-0.05, 0) is 45.9 Å². The number of carbonyl (C=O) groups excluding carboxylic acids is 1. The largest absolute Gasteiger partial charge is 0.342 e. The highest BCUT2D eigenvalue weighted by Gasteiger charge is 2.62. The molecule has 0 radical (unpaired) electrons. The Hall–Kier alpha value is -1.58. The third-order valence-electron chi connectivity index (χ3n) is 4.51. The first-order valence-corrected chi connectivity index (χ1v) is 8.57. The third kappa shape index (κ3) is 3.23. The van der Waals surface area contributed by atoms with Gasteiger partial charge in [0.05, 0.1) is 0 Å². The van der Waals surface area contributed by atoms with Crippen molar-refractivity contribution >= 4 is 11.6 Å². The maximum atomic E-state index is 13.4. The highest BCUT2D eigenvalue weighted by molar-refractivity contribution is 5.94. The number of anilines is 1. The molecule has 1 N–H and O–H groups in total. The molecule has 0 spiro atoms. The Balaban J connectivity index is 1.58. The van der Waals surface area contributed by atoms with Crippen molar-refractivity contribution in [1.29, 1.82) is 0 Å². The molecule has 1 aromatic rings. The average Bonchev–Trinajstić information content (AvgIpc) is 3.00. The fourth-order valence-electron chi connectivity index (χ4n) is 3.60. The molecule has 0 unspecified atom stereocenters. The molecule has 8 heteroatoms. The zero-order valence-corrected chi connectivity index (χ0v) is 15.0. The summed E-state index contributed by atoms with van der Waals surface area (Å²) in [5.74, 6) is -2.65. The lowest BCUT2D eigenvalue weighted by Gasteiger charge is -2.36. The van der Waals surface area contributed by atoms with Gasteiger partial charge < -0.3 is 29.0 Å². The van der Waals surface area contributed by atoms with Crippen molar-refractivity contribution in [3.8, 4) is 0 Å². The van der Waals surface area contributed by atoms with Crippen molar-refractivity contribution in [3.63, 3.8) is 0 Å². The molecule has 1 amide bonds. The van der Waals surface area contributed by atoms with Crippen molar-refractivity contribution < 1.29 is 32.9 Å². The first kappa shape index (κ1) is 17.8. The summed E-state index contributed by atoms with van der Waals surface area (Å²) in [6.07, 6.45) is -3.43. The summed E-state index contributed by atoms with van der Waals surface area (Å²) in [6.45, 7) is 7.07. The summed E-state index contributed by atoms with van der Waals surface area (Å²) in [4.78, 5) is 12.8. The Morgan fingerprint density at radius 1 is 1.00 bits per heavy atom. The molecule has 3 saturated heterocycles. The maximum absolute atomic E-state index is 13.4. The number of benzene rings is 1. The summed E-state index contributed by atoms with van der Waals surface area (Å²) in [5.41, 5.74) is 0.333. The molecular formula is C18H22FNO6. The Bertz CT molecular complexity index is 723. The average molecular weight is 367 g/mol. The molecule has 4 rings (SSSR count). The molecule has 7 nitrogen and oxygen atoms in total. The molecule has 26 heavy (non-hydrogen) atoms. The van der Waals surface area contributed by atoms with Crippen LogP contribution in [0, 0.1) is 5.82 Å². The Morgan fingerprint density at radius 3 is 2.38 bits per heavy atom. The first-order chi connectivity index (χ1) is 12.1. The quantitative estimate of drug-likeness (QED) is 0.863. The van der Waals surface area contributed by atoms with Crippen molar-refractivity contribution in [1.82, 2.24) is 0 Å². The first-order valence-electron chi connectivity index (χ1n) is 8.57. The molecule has 3 aliphatic rings. The molecule has 3 fully saturated rings. The summed E-state index contributed by atoms with van der Waals surface area (Å²) in [6, 6.07) is 5.64. The number of amides is 1. The smallest absolute Gasteiger partial charge is 0.256 e. The van der Waals surface area contributed by atoms with Gasteiger partial charge in [0, 0.05) is 5.69 Å². The van der Waals surface area contributed by atoms with E-state index in [9.17, 15) is 9.18 Å². The van der Waals surface area contributed by atoms with Crippen LogP contribution >= 0.6 is 0 Å². The van der Waals surface area contributed by atoms with Gasteiger partial charge in [-0.2, -0.15) is 0 Å². The highest BCUT2D eigenvalue weighted by atomic mass is 19.1. The van der Waals surface area contributed by atoms with Crippen molar-refractivity contribution in [3.05, 3.63) is 30.1 Å². The second kappa shape index (κ2) is 5.97. The van der Waals surface area contributed by atoms with Crippen LogP contribution in [0.2, 0.25) is 0 Å². The van der Waals surface area contributed by atoms with Crippen LogP contribution in [-0.4, -0.2) is 48.2 Å². The molecule has 0 bridgehead atoms. The molecule has 3 heterocycles. The van der Waals surface area contributed by atoms with E-state index in [1.54, 1.807) is 33.8 Å². The van der Waals surface area contributed by atoms with Crippen LogP contribution in [-0.2, 0) is 28.5 Å². The van der Waals surface area contributed by atoms with Gasteiger partial charge in [0.2, 0.25) is 0 Å². The highest BCUT2D eigenvalue weighted by Crippen LogP contribution is 2.44. The van der Waals surface area contributed by atoms with Gasteiger partial charge in [0.15, 0.2) is 24.0 Å². The van der Waals surface area contributed by atoms with E-state index in [1.807, 2.05) is 0 Å². The zero-order valence-electron chi connectivity index (χ0n) is 15.0. The van der Waals surface area contributed by atoms with Crippen molar-refractivity contribution in [2.45, 2.75) is 70.0 Å². The number of hydrogen-bond acceptors (Lipinski definition) is 6.